The van der Waals surface area contributed by atoms with Crippen molar-refractivity contribution >= 4 is 0 Å². The topological polar surface area (TPSA) is 21.3 Å². The first-order valence-corrected chi connectivity index (χ1v) is 6.58. The van der Waals surface area contributed by atoms with Gasteiger partial charge in [-0.1, -0.05) is 13.0 Å². The van der Waals surface area contributed by atoms with Crippen molar-refractivity contribution in [1.82, 2.24) is 5.32 Å². The minimum Gasteiger partial charge on any atom is -0.496 e. The molecule has 0 aliphatic rings. The Labute approximate surface area is 121 Å². The molecule has 0 saturated carbocycles. The maximum atomic E-state index is 14.2. The normalized spacial score (nSPS) is 12.2. The molecule has 112 valence electrons. The second-order valence-electron chi connectivity index (χ2n) is 4.55. The third kappa shape index (κ3) is 3.36. The fourth-order valence-corrected chi connectivity index (χ4v) is 2.31. The van der Waals surface area contributed by atoms with Crippen molar-refractivity contribution in [2.75, 3.05) is 13.7 Å². The third-order valence-electron chi connectivity index (χ3n) is 3.15. The van der Waals surface area contributed by atoms with Gasteiger partial charge in [-0.15, -0.1) is 0 Å². The second-order valence-corrected chi connectivity index (χ2v) is 4.55. The van der Waals surface area contributed by atoms with Gasteiger partial charge < -0.3 is 10.1 Å². The predicted molar refractivity (Wildman–Crippen MR) is 74.8 cm³/mol. The van der Waals surface area contributed by atoms with Crippen molar-refractivity contribution in [2.24, 2.45) is 0 Å². The van der Waals surface area contributed by atoms with Crippen LogP contribution in [0.25, 0.3) is 0 Å². The van der Waals surface area contributed by atoms with E-state index >= 15 is 0 Å². The third-order valence-corrected chi connectivity index (χ3v) is 3.15. The molecular formula is C16H16F3NO. The van der Waals surface area contributed by atoms with Crippen molar-refractivity contribution in [1.29, 1.82) is 0 Å². The molecule has 0 fully saturated rings. The smallest absolute Gasteiger partial charge is 0.132 e. The van der Waals surface area contributed by atoms with Crippen molar-refractivity contribution in [2.45, 2.75) is 13.0 Å². The van der Waals surface area contributed by atoms with E-state index in [1.54, 1.807) is 6.07 Å². The van der Waals surface area contributed by atoms with Crippen LogP contribution in [0.3, 0.4) is 0 Å². The van der Waals surface area contributed by atoms with Crippen LogP contribution in [0.5, 0.6) is 5.75 Å². The fourth-order valence-electron chi connectivity index (χ4n) is 2.31. The molecule has 21 heavy (non-hydrogen) atoms. The van der Waals surface area contributed by atoms with Gasteiger partial charge in [0.15, 0.2) is 0 Å². The first kappa shape index (κ1) is 15.4. The monoisotopic (exact) mass is 295 g/mol. The number of ether oxygens (including phenoxy) is 1. The summed E-state index contributed by atoms with van der Waals surface area (Å²) < 4.78 is 46.2. The molecule has 0 spiro atoms. The summed E-state index contributed by atoms with van der Waals surface area (Å²) in [5.74, 6) is -1.58. The van der Waals surface area contributed by atoms with Gasteiger partial charge in [-0.05, 0) is 36.4 Å². The van der Waals surface area contributed by atoms with Gasteiger partial charge >= 0.3 is 0 Å². The van der Waals surface area contributed by atoms with Gasteiger partial charge in [-0.3, -0.25) is 0 Å². The van der Waals surface area contributed by atoms with E-state index in [2.05, 4.69) is 5.32 Å². The SMILES string of the molecule is CCNC(c1cc(F)cc(F)c1)c1c(F)cccc1OC. The summed E-state index contributed by atoms with van der Waals surface area (Å²) in [7, 11) is 1.42. The highest BCUT2D eigenvalue weighted by molar-refractivity contribution is 5.42. The van der Waals surface area contributed by atoms with Crippen LogP contribution in [-0.2, 0) is 0 Å². The summed E-state index contributed by atoms with van der Waals surface area (Å²) in [4.78, 5) is 0. The minimum atomic E-state index is -0.705. The lowest BCUT2D eigenvalue weighted by Gasteiger charge is -2.22. The van der Waals surface area contributed by atoms with Crippen LogP contribution < -0.4 is 10.1 Å². The van der Waals surface area contributed by atoms with Crippen molar-refractivity contribution in [3.63, 3.8) is 0 Å². The standard InChI is InChI=1S/C16H16F3NO/c1-3-20-16(10-7-11(17)9-12(18)8-10)15-13(19)5-4-6-14(15)21-2/h4-9,16,20H,3H2,1-2H3. The molecule has 0 radical (unpaired) electrons. The van der Waals surface area contributed by atoms with E-state index < -0.39 is 23.5 Å². The van der Waals surface area contributed by atoms with Crippen LogP contribution in [0.4, 0.5) is 13.2 Å². The lowest BCUT2D eigenvalue weighted by molar-refractivity contribution is 0.397. The highest BCUT2D eigenvalue weighted by Gasteiger charge is 2.22. The number of benzene rings is 2. The van der Waals surface area contributed by atoms with Crippen LogP contribution in [0.15, 0.2) is 36.4 Å². The molecule has 0 aliphatic carbocycles. The summed E-state index contributed by atoms with van der Waals surface area (Å²) >= 11 is 0. The molecule has 0 amide bonds. The van der Waals surface area contributed by atoms with Crippen molar-refractivity contribution < 1.29 is 17.9 Å². The van der Waals surface area contributed by atoms with E-state index in [-0.39, 0.29) is 5.56 Å². The van der Waals surface area contributed by atoms with Gasteiger partial charge in [0.25, 0.3) is 0 Å². The Bertz CT molecular complexity index is 611. The molecule has 0 bridgehead atoms. The summed E-state index contributed by atoms with van der Waals surface area (Å²) in [5, 5.41) is 3.03. The summed E-state index contributed by atoms with van der Waals surface area (Å²) in [6, 6.07) is 6.87. The first-order valence-electron chi connectivity index (χ1n) is 6.58. The zero-order valence-corrected chi connectivity index (χ0v) is 11.8. The zero-order chi connectivity index (χ0) is 15.4. The molecule has 1 unspecified atom stereocenters. The molecule has 2 nitrogen and oxygen atoms in total. The molecule has 2 aromatic rings. The molecule has 2 rings (SSSR count). The number of hydrogen-bond donors (Lipinski definition) is 1. The Hall–Kier alpha value is -2.01. The van der Waals surface area contributed by atoms with E-state index in [0.29, 0.717) is 17.9 Å². The van der Waals surface area contributed by atoms with Gasteiger partial charge in [0.1, 0.15) is 23.2 Å². The Balaban J connectivity index is 2.58. The van der Waals surface area contributed by atoms with Gasteiger partial charge in [-0.25, -0.2) is 13.2 Å². The van der Waals surface area contributed by atoms with Crippen LogP contribution in [0.1, 0.15) is 24.1 Å². The number of nitrogens with one attached hydrogen (secondary N) is 1. The zero-order valence-electron chi connectivity index (χ0n) is 11.8. The maximum Gasteiger partial charge on any atom is 0.132 e. The lowest BCUT2D eigenvalue weighted by atomic mass is 9.97. The molecule has 1 N–H and O–H groups in total. The van der Waals surface area contributed by atoms with E-state index in [9.17, 15) is 13.2 Å². The van der Waals surface area contributed by atoms with Gasteiger partial charge in [-0.2, -0.15) is 0 Å². The van der Waals surface area contributed by atoms with Crippen molar-refractivity contribution in [3.8, 4) is 5.75 Å². The van der Waals surface area contributed by atoms with E-state index in [0.717, 1.165) is 6.07 Å². The number of methoxy groups -OCH3 is 1. The summed E-state index contributed by atoms with van der Waals surface area (Å²) in [5.41, 5.74) is 0.532. The predicted octanol–water partition coefficient (Wildman–Crippen LogP) is 3.81. The number of rotatable bonds is 5. The average Bonchev–Trinajstić information content (AvgIpc) is 2.44. The second kappa shape index (κ2) is 6.63. The van der Waals surface area contributed by atoms with Gasteiger partial charge in [0, 0.05) is 6.07 Å². The molecule has 0 aliphatic heterocycles. The number of hydrogen-bond acceptors (Lipinski definition) is 2. The quantitative estimate of drug-likeness (QED) is 0.905. The largest absolute Gasteiger partial charge is 0.496 e. The van der Waals surface area contributed by atoms with Gasteiger partial charge in [0.2, 0.25) is 0 Å². The average molecular weight is 295 g/mol. The number of halogens is 3. The highest BCUT2D eigenvalue weighted by atomic mass is 19.1. The van der Waals surface area contributed by atoms with Crippen LogP contribution >= 0.6 is 0 Å². The molecule has 5 heteroatoms. The molecular weight excluding hydrogens is 279 g/mol. The Morgan fingerprint density at radius 3 is 2.33 bits per heavy atom. The van der Waals surface area contributed by atoms with E-state index in [1.165, 1.54) is 31.4 Å². The van der Waals surface area contributed by atoms with Crippen LogP contribution in [0, 0.1) is 17.5 Å². The molecule has 0 saturated heterocycles. The Kier molecular flexibility index (Phi) is 4.85. The first-order chi connectivity index (χ1) is 10.1. The van der Waals surface area contributed by atoms with Crippen LogP contribution in [0.2, 0.25) is 0 Å². The molecule has 0 heterocycles. The molecule has 1 atom stereocenters. The maximum absolute atomic E-state index is 14.2. The van der Waals surface area contributed by atoms with E-state index in [4.69, 9.17) is 4.74 Å². The van der Waals surface area contributed by atoms with E-state index in [1.807, 2.05) is 6.92 Å². The summed E-state index contributed by atoms with van der Waals surface area (Å²) in [6.45, 7) is 2.33. The van der Waals surface area contributed by atoms with Crippen molar-refractivity contribution in [3.05, 3.63) is 65.0 Å². The summed E-state index contributed by atoms with van der Waals surface area (Å²) in [6.07, 6.45) is 0. The minimum absolute atomic E-state index is 0.229. The lowest BCUT2D eigenvalue weighted by Crippen LogP contribution is -2.24. The van der Waals surface area contributed by atoms with Crippen LogP contribution in [-0.4, -0.2) is 13.7 Å². The Morgan fingerprint density at radius 1 is 1.10 bits per heavy atom. The molecule has 2 aromatic carbocycles. The Morgan fingerprint density at radius 2 is 1.76 bits per heavy atom. The highest BCUT2D eigenvalue weighted by Crippen LogP contribution is 2.32. The van der Waals surface area contributed by atoms with Gasteiger partial charge in [0.05, 0.1) is 18.7 Å². The molecule has 0 aromatic heterocycles. The fraction of sp³-hybridized carbons (Fsp3) is 0.250.